The van der Waals surface area contributed by atoms with E-state index < -0.39 is 0 Å². The van der Waals surface area contributed by atoms with E-state index in [-0.39, 0.29) is 30.6 Å². The summed E-state index contributed by atoms with van der Waals surface area (Å²) in [5, 5.41) is 10.8. The van der Waals surface area contributed by atoms with Crippen LogP contribution in [0.15, 0.2) is 30.5 Å². The quantitative estimate of drug-likeness (QED) is 0.856. The molecule has 0 saturated heterocycles. The van der Waals surface area contributed by atoms with Crippen LogP contribution < -0.4 is 0 Å². The Hall–Kier alpha value is -1.47. The minimum atomic E-state index is 0. The van der Waals surface area contributed by atoms with Crippen molar-refractivity contribution in [2.24, 2.45) is 0 Å². The number of benzene rings is 1. The van der Waals surface area contributed by atoms with Gasteiger partial charge in [-0.15, -0.1) is 31.2 Å². The molecule has 1 heterocycles. The van der Waals surface area contributed by atoms with Crippen LogP contribution in [-0.2, 0) is 6.42 Å². The zero-order valence-corrected chi connectivity index (χ0v) is 13.6. The van der Waals surface area contributed by atoms with Crippen molar-refractivity contribution in [1.29, 1.82) is 0 Å². The molecular formula is C16H20Cl2N2O. The summed E-state index contributed by atoms with van der Waals surface area (Å²) in [7, 11) is 2.02. The first kappa shape index (κ1) is 19.5. The molecule has 0 radical (unpaired) electrons. The standard InChI is InChI=1S/C16H18N2O.2ClH/c1-3-11-18(2)12-5-6-13-8-9-15(19)16-14(13)7-4-10-17-16;;/h1,4,7-10,19H,5-6,11-12H2,2H3;2*1H. The number of hydrogen-bond acceptors (Lipinski definition) is 3. The van der Waals surface area contributed by atoms with E-state index in [1.54, 1.807) is 12.3 Å². The first-order valence-corrected chi connectivity index (χ1v) is 6.40. The molecule has 2 rings (SSSR count). The Morgan fingerprint density at radius 3 is 2.76 bits per heavy atom. The van der Waals surface area contributed by atoms with Gasteiger partial charge in [-0.2, -0.15) is 0 Å². The lowest BCUT2D eigenvalue weighted by molar-refractivity contribution is 0.369. The highest BCUT2D eigenvalue weighted by atomic mass is 35.5. The van der Waals surface area contributed by atoms with Crippen molar-refractivity contribution in [2.75, 3.05) is 20.1 Å². The van der Waals surface area contributed by atoms with Crippen LogP contribution in [0.5, 0.6) is 5.75 Å². The van der Waals surface area contributed by atoms with Gasteiger partial charge in [0.1, 0.15) is 11.3 Å². The van der Waals surface area contributed by atoms with Crippen molar-refractivity contribution < 1.29 is 5.11 Å². The second-order valence-corrected chi connectivity index (χ2v) is 4.69. The number of nitrogens with zero attached hydrogens (tertiary/aromatic N) is 2. The molecule has 0 aliphatic carbocycles. The van der Waals surface area contributed by atoms with E-state index in [2.05, 4.69) is 15.8 Å². The molecule has 1 aromatic carbocycles. The monoisotopic (exact) mass is 326 g/mol. The third kappa shape index (κ3) is 5.09. The number of aromatic nitrogens is 1. The van der Waals surface area contributed by atoms with Gasteiger partial charge >= 0.3 is 0 Å². The molecular weight excluding hydrogens is 307 g/mol. The van der Waals surface area contributed by atoms with Gasteiger partial charge in [0.15, 0.2) is 0 Å². The predicted octanol–water partition coefficient (Wildman–Crippen LogP) is 3.28. The lowest BCUT2D eigenvalue weighted by Crippen LogP contribution is -2.20. The topological polar surface area (TPSA) is 36.4 Å². The van der Waals surface area contributed by atoms with Gasteiger partial charge < -0.3 is 5.11 Å². The molecule has 0 aliphatic heterocycles. The SMILES string of the molecule is C#CCN(C)CCCc1ccc(O)c2ncccc12.Cl.Cl. The Kier molecular flexibility index (Phi) is 8.80. The Bertz CT molecular complexity index is 611. The van der Waals surface area contributed by atoms with Crippen molar-refractivity contribution in [3.05, 3.63) is 36.0 Å². The molecule has 0 spiro atoms. The first-order valence-electron chi connectivity index (χ1n) is 6.40. The predicted molar refractivity (Wildman–Crippen MR) is 92.6 cm³/mol. The minimum absolute atomic E-state index is 0. The van der Waals surface area contributed by atoms with Crippen LogP contribution in [0, 0.1) is 12.3 Å². The number of rotatable bonds is 5. The van der Waals surface area contributed by atoms with E-state index >= 15 is 0 Å². The molecule has 0 fully saturated rings. The van der Waals surface area contributed by atoms with Gasteiger partial charge in [0.2, 0.25) is 0 Å². The highest BCUT2D eigenvalue weighted by Gasteiger charge is 2.06. The summed E-state index contributed by atoms with van der Waals surface area (Å²) in [6, 6.07) is 7.59. The van der Waals surface area contributed by atoms with Gasteiger partial charge in [-0.05, 0) is 44.1 Å². The molecule has 0 bridgehead atoms. The average Bonchev–Trinajstić information content (AvgIpc) is 2.42. The smallest absolute Gasteiger partial charge is 0.141 e. The molecule has 0 aliphatic rings. The Morgan fingerprint density at radius 1 is 1.29 bits per heavy atom. The van der Waals surface area contributed by atoms with E-state index in [1.807, 2.05) is 25.2 Å². The van der Waals surface area contributed by atoms with Gasteiger partial charge in [-0.1, -0.05) is 18.1 Å². The average molecular weight is 327 g/mol. The van der Waals surface area contributed by atoms with Crippen LogP contribution in [0.2, 0.25) is 0 Å². The maximum atomic E-state index is 9.79. The van der Waals surface area contributed by atoms with Crippen molar-refractivity contribution in [1.82, 2.24) is 9.88 Å². The highest BCUT2D eigenvalue weighted by molar-refractivity contribution is 5.87. The molecule has 5 heteroatoms. The molecule has 21 heavy (non-hydrogen) atoms. The number of fused-ring (bicyclic) bond motifs is 1. The van der Waals surface area contributed by atoms with Crippen LogP contribution >= 0.6 is 24.8 Å². The van der Waals surface area contributed by atoms with Gasteiger partial charge in [0.25, 0.3) is 0 Å². The molecule has 0 amide bonds. The summed E-state index contributed by atoms with van der Waals surface area (Å²) < 4.78 is 0. The van der Waals surface area contributed by atoms with Crippen LogP contribution in [0.3, 0.4) is 0 Å². The zero-order chi connectivity index (χ0) is 13.7. The normalized spacial score (nSPS) is 9.76. The van der Waals surface area contributed by atoms with Gasteiger partial charge in [0, 0.05) is 11.6 Å². The maximum absolute atomic E-state index is 9.79. The number of aryl methyl sites for hydroxylation is 1. The maximum Gasteiger partial charge on any atom is 0.141 e. The fourth-order valence-corrected chi connectivity index (χ4v) is 2.21. The minimum Gasteiger partial charge on any atom is -0.506 e. The number of terminal acetylenes is 1. The summed E-state index contributed by atoms with van der Waals surface area (Å²) in [6.07, 6.45) is 8.97. The number of hydrogen-bond donors (Lipinski definition) is 1. The lowest BCUT2D eigenvalue weighted by Gasteiger charge is -2.13. The van der Waals surface area contributed by atoms with Crippen LogP contribution in [0.4, 0.5) is 0 Å². The first-order chi connectivity index (χ1) is 9.22. The van der Waals surface area contributed by atoms with E-state index in [1.165, 1.54) is 5.56 Å². The third-order valence-corrected chi connectivity index (χ3v) is 3.19. The van der Waals surface area contributed by atoms with Gasteiger partial charge in [-0.25, -0.2) is 0 Å². The Labute approximate surface area is 138 Å². The number of pyridine rings is 1. The number of phenolic OH excluding ortho intramolecular Hbond substituents is 1. The lowest BCUT2D eigenvalue weighted by atomic mass is 10.0. The van der Waals surface area contributed by atoms with Crippen LogP contribution in [-0.4, -0.2) is 35.1 Å². The van der Waals surface area contributed by atoms with Crippen molar-refractivity contribution in [2.45, 2.75) is 12.8 Å². The zero-order valence-electron chi connectivity index (χ0n) is 12.0. The molecule has 0 atom stereocenters. The fraction of sp³-hybridized carbons (Fsp3) is 0.312. The molecule has 1 N–H and O–H groups in total. The fourth-order valence-electron chi connectivity index (χ4n) is 2.21. The highest BCUT2D eigenvalue weighted by Crippen LogP contribution is 2.26. The molecule has 0 saturated carbocycles. The van der Waals surface area contributed by atoms with Gasteiger partial charge in [-0.3, -0.25) is 9.88 Å². The second-order valence-electron chi connectivity index (χ2n) is 4.69. The molecule has 114 valence electrons. The molecule has 0 unspecified atom stereocenters. The summed E-state index contributed by atoms with van der Waals surface area (Å²) in [4.78, 5) is 6.35. The number of phenols is 1. The van der Waals surface area contributed by atoms with Crippen molar-refractivity contribution in [3.8, 4) is 18.1 Å². The second kappa shape index (κ2) is 9.46. The van der Waals surface area contributed by atoms with E-state index in [9.17, 15) is 5.11 Å². The van der Waals surface area contributed by atoms with E-state index in [0.29, 0.717) is 12.1 Å². The number of aromatic hydroxyl groups is 1. The molecule has 2 aromatic rings. The third-order valence-electron chi connectivity index (χ3n) is 3.19. The molecule has 3 nitrogen and oxygen atoms in total. The van der Waals surface area contributed by atoms with Crippen LogP contribution in [0.1, 0.15) is 12.0 Å². The largest absolute Gasteiger partial charge is 0.506 e. The van der Waals surface area contributed by atoms with Crippen molar-refractivity contribution in [3.63, 3.8) is 0 Å². The summed E-state index contributed by atoms with van der Waals surface area (Å²) in [5.41, 5.74) is 1.90. The van der Waals surface area contributed by atoms with Crippen LogP contribution in [0.25, 0.3) is 10.9 Å². The molecule has 1 aromatic heterocycles. The Balaban J connectivity index is 0.00000200. The van der Waals surface area contributed by atoms with Crippen molar-refractivity contribution >= 4 is 35.7 Å². The Morgan fingerprint density at radius 2 is 2.05 bits per heavy atom. The van der Waals surface area contributed by atoms with Gasteiger partial charge in [0.05, 0.1) is 6.54 Å². The summed E-state index contributed by atoms with van der Waals surface area (Å²) in [5.74, 6) is 2.88. The van der Waals surface area contributed by atoms with E-state index in [0.717, 1.165) is 24.8 Å². The van der Waals surface area contributed by atoms with E-state index in [4.69, 9.17) is 6.42 Å². The summed E-state index contributed by atoms with van der Waals surface area (Å²) >= 11 is 0. The number of halogens is 2. The summed E-state index contributed by atoms with van der Waals surface area (Å²) in [6.45, 7) is 1.64.